The van der Waals surface area contributed by atoms with Crippen LogP contribution in [0.5, 0.6) is 5.75 Å². The second-order valence-corrected chi connectivity index (χ2v) is 10.4. The molecule has 0 unspecified atom stereocenters. The minimum Gasteiger partial charge on any atom is -0.484 e. The van der Waals surface area contributed by atoms with Gasteiger partial charge in [-0.15, -0.1) is 0 Å². The molecule has 1 aliphatic rings. The maximum atomic E-state index is 13.0. The van der Waals surface area contributed by atoms with Crippen molar-refractivity contribution in [2.24, 2.45) is 0 Å². The second kappa shape index (κ2) is 11.1. The summed E-state index contributed by atoms with van der Waals surface area (Å²) in [5.74, 6) is 0.223. The Bertz CT molecular complexity index is 1320. The summed E-state index contributed by atoms with van der Waals surface area (Å²) >= 11 is 6.76. The van der Waals surface area contributed by atoms with Gasteiger partial charge in [0.05, 0.1) is 10.6 Å². The molecule has 184 valence electrons. The Balaban J connectivity index is 1.37. The van der Waals surface area contributed by atoms with E-state index >= 15 is 0 Å². The van der Waals surface area contributed by atoms with Crippen molar-refractivity contribution in [1.29, 1.82) is 0 Å². The quantitative estimate of drug-likeness (QED) is 0.283. The molecule has 3 aromatic rings. The number of nitrogens with zero attached hydrogens (tertiary/aromatic N) is 1. The third kappa shape index (κ3) is 5.86. The van der Waals surface area contributed by atoms with Crippen molar-refractivity contribution < 1.29 is 14.3 Å². The van der Waals surface area contributed by atoms with E-state index in [9.17, 15) is 9.59 Å². The number of carbonyl (C=O) groups is 2. The number of anilines is 2. The summed E-state index contributed by atoms with van der Waals surface area (Å²) < 4.78 is 6.18. The Hall–Kier alpha value is -3.42. The monoisotopic (exact) mass is 516 g/mol. The molecule has 7 heteroatoms. The van der Waals surface area contributed by atoms with Gasteiger partial charge in [-0.3, -0.25) is 14.5 Å². The lowest BCUT2D eigenvalue weighted by Gasteiger charge is -2.14. The van der Waals surface area contributed by atoms with E-state index in [0.29, 0.717) is 15.0 Å². The third-order valence-electron chi connectivity index (χ3n) is 5.89. The standard InChI is InChI=1S/C29H28N2O3S2/c1-5-21-6-10-23(11-7-21)31-28(33)25(36-29(31)35)16-22-8-12-24(13-9-22)34-17-26(32)30-27-19(3)14-18(2)15-20(27)4/h6-16H,5,17H2,1-4H3,(H,30,32)/b25-16-. The highest BCUT2D eigenvalue weighted by atomic mass is 32.2. The zero-order valence-corrected chi connectivity index (χ0v) is 22.4. The Kier molecular flexibility index (Phi) is 7.91. The van der Waals surface area contributed by atoms with Crippen LogP contribution in [0.25, 0.3) is 6.08 Å². The number of thiocarbonyl (C=S) groups is 1. The van der Waals surface area contributed by atoms with Crippen LogP contribution in [0.2, 0.25) is 0 Å². The highest BCUT2D eigenvalue weighted by Gasteiger charge is 2.33. The molecular formula is C29H28N2O3S2. The first-order valence-corrected chi connectivity index (χ1v) is 12.9. The second-order valence-electron chi connectivity index (χ2n) is 8.72. The molecule has 1 N–H and O–H groups in total. The Labute approximate surface area is 221 Å². The molecule has 0 aliphatic carbocycles. The van der Waals surface area contributed by atoms with Crippen LogP contribution < -0.4 is 15.0 Å². The summed E-state index contributed by atoms with van der Waals surface area (Å²) in [7, 11) is 0. The molecule has 1 heterocycles. The predicted octanol–water partition coefficient (Wildman–Crippen LogP) is 6.60. The van der Waals surface area contributed by atoms with Gasteiger partial charge in [-0.2, -0.15) is 0 Å². The lowest BCUT2D eigenvalue weighted by molar-refractivity contribution is -0.118. The minimum atomic E-state index is -0.218. The van der Waals surface area contributed by atoms with E-state index in [1.54, 1.807) is 17.0 Å². The molecule has 0 radical (unpaired) electrons. The zero-order valence-electron chi connectivity index (χ0n) is 20.8. The van der Waals surface area contributed by atoms with E-state index in [4.69, 9.17) is 17.0 Å². The molecule has 0 saturated carbocycles. The number of carbonyl (C=O) groups excluding carboxylic acids is 2. The summed E-state index contributed by atoms with van der Waals surface area (Å²) in [5.41, 5.74) is 6.85. The lowest BCUT2D eigenvalue weighted by atomic mass is 10.1. The maximum Gasteiger partial charge on any atom is 0.270 e. The van der Waals surface area contributed by atoms with Gasteiger partial charge in [0.1, 0.15) is 5.75 Å². The van der Waals surface area contributed by atoms with Gasteiger partial charge in [0, 0.05) is 5.69 Å². The molecule has 1 fully saturated rings. The Morgan fingerprint density at radius 3 is 2.28 bits per heavy atom. The molecule has 1 aliphatic heterocycles. The van der Waals surface area contributed by atoms with Gasteiger partial charge >= 0.3 is 0 Å². The molecule has 0 atom stereocenters. The number of ether oxygens (including phenoxy) is 1. The average Bonchev–Trinajstić information content (AvgIpc) is 3.13. The molecule has 5 nitrogen and oxygen atoms in total. The first kappa shape index (κ1) is 25.7. The van der Waals surface area contributed by atoms with Gasteiger partial charge in [0.15, 0.2) is 10.9 Å². The fraction of sp³-hybridized carbons (Fsp3) is 0.207. The predicted molar refractivity (Wildman–Crippen MR) is 153 cm³/mol. The number of rotatable bonds is 7. The van der Waals surface area contributed by atoms with Crippen molar-refractivity contribution in [3.05, 3.63) is 93.4 Å². The van der Waals surface area contributed by atoms with Crippen molar-refractivity contribution in [2.45, 2.75) is 34.1 Å². The van der Waals surface area contributed by atoms with Crippen molar-refractivity contribution in [3.63, 3.8) is 0 Å². The topological polar surface area (TPSA) is 58.6 Å². The van der Waals surface area contributed by atoms with Crippen LogP contribution in [-0.4, -0.2) is 22.7 Å². The Morgan fingerprint density at radius 2 is 1.67 bits per heavy atom. The minimum absolute atomic E-state index is 0.0957. The first-order chi connectivity index (χ1) is 17.2. The number of aryl methyl sites for hydroxylation is 4. The normalized spacial score (nSPS) is 14.4. The van der Waals surface area contributed by atoms with Gasteiger partial charge < -0.3 is 10.1 Å². The van der Waals surface area contributed by atoms with Gasteiger partial charge in [-0.1, -0.05) is 72.9 Å². The van der Waals surface area contributed by atoms with E-state index in [1.807, 2.05) is 75.4 Å². The number of benzene rings is 3. The van der Waals surface area contributed by atoms with E-state index in [-0.39, 0.29) is 18.4 Å². The molecule has 0 spiro atoms. The Morgan fingerprint density at radius 1 is 1.03 bits per heavy atom. The lowest BCUT2D eigenvalue weighted by Crippen LogP contribution is -2.27. The number of nitrogens with one attached hydrogen (secondary N) is 1. The highest BCUT2D eigenvalue weighted by molar-refractivity contribution is 8.27. The van der Waals surface area contributed by atoms with Crippen molar-refractivity contribution >= 4 is 57.6 Å². The molecule has 1 saturated heterocycles. The van der Waals surface area contributed by atoms with Crippen LogP contribution in [0.3, 0.4) is 0 Å². The van der Waals surface area contributed by atoms with Crippen LogP contribution in [0.4, 0.5) is 11.4 Å². The van der Waals surface area contributed by atoms with E-state index < -0.39 is 0 Å². The van der Waals surface area contributed by atoms with E-state index in [2.05, 4.69) is 12.2 Å². The van der Waals surface area contributed by atoms with Gasteiger partial charge in [-0.25, -0.2) is 0 Å². The maximum absolute atomic E-state index is 13.0. The van der Waals surface area contributed by atoms with Crippen LogP contribution in [-0.2, 0) is 16.0 Å². The summed E-state index contributed by atoms with van der Waals surface area (Å²) in [6.45, 7) is 7.98. The van der Waals surface area contributed by atoms with Gasteiger partial charge in [-0.05, 0) is 79.8 Å². The molecule has 0 aromatic heterocycles. The number of hydrogen-bond donors (Lipinski definition) is 1. The van der Waals surface area contributed by atoms with Crippen LogP contribution in [0, 0.1) is 20.8 Å². The SMILES string of the molecule is CCc1ccc(N2C(=O)/C(=C/c3ccc(OCC(=O)Nc4c(C)cc(C)cc4C)cc3)SC2=S)cc1. The summed E-state index contributed by atoms with van der Waals surface area (Å²) in [4.78, 5) is 27.6. The zero-order chi connectivity index (χ0) is 25.8. The molecule has 4 rings (SSSR count). The van der Waals surface area contributed by atoms with Gasteiger partial charge in [0.2, 0.25) is 0 Å². The van der Waals surface area contributed by atoms with E-state index in [1.165, 1.54) is 17.3 Å². The molecule has 2 amide bonds. The molecule has 3 aromatic carbocycles. The number of amides is 2. The molecule has 0 bridgehead atoms. The van der Waals surface area contributed by atoms with Crippen LogP contribution in [0.15, 0.2) is 65.6 Å². The fourth-order valence-corrected chi connectivity index (χ4v) is 5.38. The third-order valence-corrected chi connectivity index (χ3v) is 7.19. The fourth-order valence-electron chi connectivity index (χ4n) is 4.08. The number of thioether (sulfide) groups is 1. The van der Waals surface area contributed by atoms with Crippen molar-refractivity contribution in [1.82, 2.24) is 0 Å². The van der Waals surface area contributed by atoms with Gasteiger partial charge in [0.25, 0.3) is 11.8 Å². The highest BCUT2D eigenvalue weighted by Crippen LogP contribution is 2.36. The summed E-state index contributed by atoms with van der Waals surface area (Å²) in [6, 6.07) is 19.2. The van der Waals surface area contributed by atoms with Crippen LogP contribution >= 0.6 is 24.0 Å². The first-order valence-electron chi connectivity index (χ1n) is 11.7. The largest absolute Gasteiger partial charge is 0.484 e. The smallest absolute Gasteiger partial charge is 0.270 e. The molecular weight excluding hydrogens is 488 g/mol. The van der Waals surface area contributed by atoms with Crippen molar-refractivity contribution in [3.8, 4) is 5.75 Å². The van der Waals surface area contributed by atoms with Crippen molar-refractivity contribution in [2.75, 3.05) is 16.8 Å². The summed E-state index contributed by atoms with van der Waals surface area (Å²) in [6.07, 6.45) is 2.76. The number of hydrogen-bond acceptors (Lipinski definition) is 5. The average molecular weight is 517 g/mol. The van der Waals surface area contributed by atoms with Crippen LogP contribution in [0.1, 0.15) is 34.7 Å². The molecule has 36 heavy (non-hydrogen) atoms. The summed E-state index contributed by atoms with van der Waals surface area (Å²) in [5, 5.41) is 2.94. The van der Waals surface area contributed by atoms with E-state index in [0.717, 1.165) is 40.0 Å².